The van der Waals surface area contributed by atoms with E-state index in [-0.39, 0.29) is 0 Å². The van der Waals surface area contributed by atoms with Crippen molar-refractivity contribution in [3.8, 4) is 0 Å². The van der Waals surface area contributed by atoms with Crippen molar-refractivity contribution < 1.29 is 0 Å². The number of aryl methyl sites for hydroxylation is 3. The highest BCUT2D eigenvalue weighted by molar-refractivity contribution is 7.99. The molecule has 0 spiro atoms. The van der Waals surface area contributed by atoms with E-state index in [4.69, 9.17) is 0 Å². The first kappa shape index (κ1) is 38.6. The van der Waals surface area contributed by atoms with Gasteiger partial charge in [0.1, 0.15) is 0 Å². The van der Waals surface area contributed by atoms with Crippen LogP contribution in [0.15, 0.2) is 123 Å². The van der Waals surface area contributed by atoms with Gasteiger partial charge in [0.15, 0.2) is 0 Å². The van der Waals surface area contributed by atoms with Crippen LogP contribution in [0.4, 0.5) is 0 Å². The summed E-state index contributed by atoms with van der Waals surface area (Å²) in [7, 11) is 0. The van der Waals surface area contributed by atoms with Crippen LogP contribution in [0.25, 0.3) is 0 Å². The summed E-state index contributed by atoms with van der Waals surface area (Å²) in [5.74, 6) is 0. The van der Waals surface area contributed by atoms with E-state index in [1.807, 2.05) is 30.0 Å². The average molecular weight is 629 g/mol. The van der Waals surface area contributed by atoms with Gasteiger partial charge in [0.2, 0.25) is 0 Å². The summed E-state index contributed by atoms with van der Waals surface area (Å²) in [5.41, 5.74) is 4.03. The maximum Gasteiger partial charge on any atom is 0.00983 e. The summed E-state index contributed by atoms with van der Waals surface area (Å²) in [6.45, 7) is 10.7. The first-order chi connectivity index (χ1) is 19.2. The van der Waals surface area contributed by atoms with Crippen LogP contribution in [-0.4, -0.2) is 36.5 Å². The second kappa shape index (κ2) is 25.3. The molecular formula is C35H48S5. The summed E-state index contributed by atoms with van der Waals surface area (Å²) in [6, 6.07) is 35.8. The molecule has 4 aromatic carbocycles. The lowest BCUT2D eigenvalue weighted by atomic mass is 10.2. The zero-order valence-corrected chi connectivity index (χ0v) is 30.0. The molecule has 218 valence electrons. The second-order valence-corrected chi connectivity index (χ2v) is 13.7. The molecule has 0 heterocycles. The molecule has 0 N–H and O–H groups in total. The molecule has 0 aromatic heterocycles. The van der Waals surface area contributed by atoms with Gasteiger partial charge in [-0.3, -0.25) is 0 Å². The Kier molecular flexibility index (Phi) is 24.5. The van der Waals surface area contributed by atoms with E-state index in [0.29, 0.717) is 0 Å². The van der Waals surface area contributed by atoms with Crippen LogP contribution in [0.5, 0.6) is 0 Å². The monoisotopic (exact) mass is 628 g/mol. The molecule has 0 fully saturated rings. The molecule has 0 radical (unpaired) electrons. The Bertz CT molecular complexity index is 1130. The lowest BCUT2D eigenvalue weighted by Gasteiger charge is -1.97. The van der Waals surface area contributed by atoms with Crippen LogP contribution >= 0.6 is 58.8 Å². The van der Waals surface area contributed by atoms with E-state index < -0.39 is 0 Å². The highest BCUT2D eigenvalue weighted by atomic mass is 32.2. The van der Waals surface area contributed by atoms with E-state index in [1.165, 1.54) is 36.3 Å². The van der Waals surface area contributed by atoms with Gasteiger partial charge in [0.25, 0.3) is 0 Å². The van der Waals surface area contributed by atoms with Gasteiger partial charge in [0.05, 0.1) is 0 Å². The maximum absolute atomic E-state index is 2.19. The minimum Gasteiger partial charge on any atom is -0.163 e. The molecule has 5 heteroatoms. The molecule has 0 aliphatic carbocycles. The fourth-order valence-electron chi connectivity index (χ4n) is 2.76. The molecule has 4 rings (SSSR count). The Hall–Kier alpha value is -1.37. The fraction of sp³-hybridized carbons (Fsp3) is 0.314. The minimum atomic E-state index is 0.801. The summed E-state index contributed by atoms with van der Waals surface area (Å²) >= 11 is 9.00. The molecular weight excluding hydrogens is 581 g/mol. The number of benzene rings is 4. The summed E-state index contributed by atoms with van der Waals surface area (Å²) < 4.78 is 0. The van der Waals surface area contributed by atoms with Crippen LogP contribution in [0.1, 0.15) is 30.5 Å². The highest BCUT2D eigenvalue weighted by Gasteiger charge is 1.90. The Labute approximate surface area is 267 Å². The van der Waals surface area contributed by atoms with E-state index in [9.17, 15) is 0 Å². The Balaban J connectivity index is 0.000000482. The maximum atomic E-state index is 2.19. The molecule has 4 aromatic rings. The van der Waals surface area contributed by atoms with E-state index in [0.717, 1.165) is 5.25 Å². The molecule has 0 unspecified atom stereocenters. The van der Waals surface area contributed by atoms with Crippen molar-refractivity contribution >= 4 is 58.8 Å². The average Bonchev–Trinajstić information content (AvgIpc) is 2.99. The van der Waals surface area contributed by atoms with Gasteiger partial charge in [-0.15, -0.1) is 47.0 Å². The molecule has 0 aliphatic rings. The van der Waals surface area contributed by atoms with Crippen molar-refractivity contribution in [2.24, 2.45) is 0 Å². The number of rotatable bonds is 5. The Morgan fingerprint density at radius 3 is 1.30 bits per heavy atom. The van der Waals surface area contributed by atoms with Gasteiger partial charge in [-0.1, -0.05) is 85.6 Å². The second-order valence-electron chi connectivity index (χ2n) is 8.81. The third kappa shape index (κ3) is 20.5. The normalized spacial score (nSPS) is 9.47. The standard InChI is InChI=1S/3C8H10S.C7H8S.C4H10S/c1-7-3-5-8(9-2)6-4-7;1-7-4-3-5-8(6-7)9-2;1-7-5-3-4-6-8(7)9-2;1-8-7-5-3-2-4-6-7;1-4(2)5-3/h3*3-6H,1-2H3;2-6H,1H3;4H,1-3H3. The summed E-state index contributed by atoms with van der Waals surface area (Å²) in [4.78, 5) is 5.38. The van der Waals surface area contributed by atoms with Crippen LogP contribution in [0.3, 0.4) is 0 Å². The molecule has 0 saturated carbocycles. The Morgan fingerprint density at radius 2 is 0.925 bits per heavy atom. The first-order valence-corrected chi connectivity index (χ1v) is 19.3. The molecule has 0 nitrogen and oxygen atoms in total. The van der Waals surface area contributed by atoms with Crippen molar-refractivity contribution in [2.45, 2.75) is 59.5 Å². The summed E-state index contributed by atoms with van der Waals surface area (Å²) in [5, 5.41) is 0.801. The van der Waals surface area contributed by atoms with Crippen LogP contribution in [0.2, 0.25) is 0 Å². The fourth-order valence-corrected chi connectivity index (χ4v) is 4.72. The third-order valence-electron chi connectivity index (χ3n) is 5.25. The van der Waals surface area contributed by atoms with Crippen molar-refractivity contribution in [1.29, 1.82) is 0 Å². The van der Waals surface area contributed by atoms with E-state index >= 15 is 0 Å². The number of thioether (sulfide) groups is 5. The van der Waals surface area contributed by atoms with Crippen molar-refractivity contribution in [3.05, 3.63) is 120 Å². The number of hydrogen-bond donors (Lipinski definition) is 0. The van der Waals surface area contributed by atoms with Crippen LogP contribution in [0, 0.1) is 20.8 Å². The molecule has 0 amide bonds. The van der Waals surface area contributed by atoms with Crippen molar-refractivity contribution in [3.63, 3.8) is 0 Å². The zero-order valence-electron chi connectivity index (χ0n) is 25.9. The quantitative estimate of drug-likeness (QED) is 0.201. The molecule has 0 saturated heterocycles. The van der Waals surface area contributed by atoms with Gasteiger partial charge >= 0.3 is 0 Å². The topological polar surface area (TPSA) is 0 Å². The van der Waals surface area contributed by atoms with Crippen molar-refractivity contribution in [1.82, 2.24) is 0 Å². The minimum absolute atomic E-state index is 0.801. The SMILES string of the molecule is CSC(C)C.CSc1ccc(C)cc1.CSc1cccc(C)c1.CSc1ccccc1.CSc1ccccc1C. The predicted octanol–water partition coefficient (Wildman–Crippen LogP) is 12.3. The lowest BCUT2D eigenvalue weighted by molar-refractivity contribution is 1.12. The largest absolute Gasteiger partial charge is 0.163 e. The van der Waals surface area contributed by atoms with Gasteiger partial charge in [-0.25, -0.2) is 0 Å². The van der Waals surface area contributed by atoms with Gasteiger partial charge < -0.3 is 0 Å². The highest BCUT2D eigenvalue weighted by Crippen LogP contribution is 2.18. The predicted molar refractivity (Wildman–Crippen MR) is 196 cm³/mol. The zero-order chi connectivity index (χ0) is 30.2. The van der Waals surface area contributed by atoms with Crippen LogP contribution < -0.4 is 0 Å². The smallest absolute Gasteiger partial charge is 0.00983 e. The first-order valence-electron chi connectivity index (χ1n) is 13.1. The lowest BCUT2D eigenvalue weighted by Crippen LogP contribution is -1.79. The van der Waals surface area contributed by atoms with E-state index in [2.05, 4.69) is 151 Å². The number of hydrogen-bond acceptors (Lipinski definition) is 5. The molecule has 40 heavy (non-hydrogen) atoms. The van der Waals surface area contributed by atoms with Gasteiger partial charge in [-0.2, -0.15) is 11.8 Å². The molecule has 0 aliphatic heterocycles. The molecule has 0 atom stereocenters. The van der Waals surface area contributed by atoms with E-state index in [1.54, 1.807) is 47.0 Å². The molecule has 0 bridgehead atoms. The Morgan fingerprint density at radius 1 is 0.450 bits per heavy atom. The summed E-state index contributed by atoms with van der Waals surface area (Å²) in [6.07, 6.45) is 10.5. The third-order valence-corrected chi connectivity index (χ3v) is 9.30. The van der Waals surface area contributed by atoms with Crippen molar-refractivity contribution in [2.75, 3.05) is 31.3 Å². The van der Waals surface area contributed by atoms with Gasteiger partial charge in [-0.05, 0) is 105 Å². The van der Waals surface area contributed by atoms with Gasteiger partial charge in [0, 0.05) is 19.6 Å². The van der Waals surface area contributed by atoms with Crippen LogP contribution in [-0.2, 0) is 0 Å².